The van der Waals surface area contributed by atoms with Crippen molar-refractivity contribution in [3.05, 3.63) is 65.7 Å². The lowest BCUT2D eigenvalue weighted by molar-refractivity contribution is 0.0942. The number of amides is 1. The number of pyridine rings is 1. The molecule has 0 saturated heterocycles. The smallest absolute Gasteiger partial charge is 0.255 e. The summed E-state index contributed by atoms with van der Waals surface area (Å²) in [6, 6.07) is 9.06. The number of hydrogen-bond donors (Lipinski definition) is 3. The number of benzene rings is 1. The van der Waals surface area contributed by atoms with E-state index in [1.807, 2.05) is 0 Å². The summed E-state index contributed by atoms with van der Waals surface area (Å²) in [5.41, 5.74) is 6.03. The van der Waals surface area contributed by atoms with Crippen molar-refractivity contribution in [1.29, 1.82) is 0 Å². The number of aromatic nitrogens is 1. The number of hydrogen-bond acceptors (Lipinski definition) is 4. The highest BCUT2D eigenvalue weighted by molar-refractivity contribution is 5.98. The second kappa shape index (κ2) is 6.47. The first-order valence-corrected chi connectivity index (χ1v) is 6.06. The third-order valence-corrected chi connectivity index (χ3v) is 2.84. The van der Waals surface area contributed by atoms with E-state index in [1.165, 1.54) is 12.3 Å². The van der Waals surface area contributed by atoms with Crippen LogP contribution in [0.1, 0.15) is 22.0 Å². The second-order valence-electron chi connectivity index (χ2n) is 4.20. The zero-order valence-corrected chi connectivity index (χ0v) is 10.9. The van der Waals surface area contributed by atoms with Gasteiger partial charge in [-0.1, -0.05) is 35.5 Å². The summed E-state index contributed by atoms with van der Waals surface area (Å²) in [5.74, 6) is -1.64. The summed E-state index contributed by atoms with van der Waals surface area (Å²) >= 11 is 0. The predicted molar refractivity (Wildman–Crippen MR) is 74.3 cm³/mol. The molecule has 0 aliphatic rings. The highest BCUT2D eigenvalue weighted by Crippen LogP contribution is 2.14. The molecule has 1 heterocycles. The number of carbonyl (C=O) groups is 1. The van der Waals surface area contributed by atoms with Gasteiger partial charge in [-0.15, -0.1) is 0 Å². The molecule has 21 heavy (non-hydrogen) atoms. The van der Waals surface area contributed by atoms with Gasteiger partial charge in [-0.2, -0.15) is 0 Å². The molecule has 1 amide bonds. The number of rotatable bonds is 4. The maximum absolute atomic E-state index is 13.5. The van der Waals surface area contributed by atoms with E-state index in [4.69, 9.17) is 10.9 Å². The van der Waals surface area contributed by atoms with Gasteiger partial charge in [0.05, 0.1) is 11.8 Å². The van der Waals surface area contributed by atoms with Crippen LogP contribution in [0.5, 0.6) is 0 Å². The molecular weight excluding hydrogens is 275 g/mol. The zero-order valence-electron chi connectivity index (χ0n) is 10.9. The van der Waals surface area contributed by atoms with Crippen LogP contribution in [0.2, 0.25) is 0 Å². The first-order valence-electron chi connectivity index (χ1n) is 6.06. The largest absolute Gasteiger partial charge is 0.409 e. The molecule has 0 aliphatic carbocycles. The van der Waals surface area contributed by atoms with Gasteiger partial charge in [-0.3, -0.25) is 9.78 Å². The molecule has 1 atom stereocenters. The molecule has 6 nitrogen and oxygen atoms in total. The summed E-state index contributed by atoms with van der Waals surface area (Å²) in [4.78, 5) is 15.7. The van der Waals surface area contributed by atoms with Crippen molar-refractivity contribution in [2.45, 2.75) is 6.04 Å². The Bertz CT molecular complexity index is 661. The molecule has 2 aromatic rings. The molecule has 1 aromatic carbocycles. The van der Waals surface area contributed by atoms with Gasteiger partial charge in [-0.05, 0) is 11.6 Å². The van der Waals surface area contributed by atoms with Crippen molar-refractivity contribution in [2.24, 2.45) is 10.9 Å². The Balaban J connectivity index is 2.28. The van der Waals surface area contributed by atoms with Crippen LogP contribution in [0.4, 0.5) is 4.39 Å². The lowest BCUT2D eigenvalue weighted by Gasteiger charge is -2.18. The summed E-state index contributed by atoms with van der Waals surface area (Å²) < 4.78 is 13.5. The number of halogens is 1. The highest BCUT2D eigenvalue weighted by atomic mass is 19.1. The second-order valence-corrected chi connectivity index (χ2v) is 4.20. The van der Waals surface area contributed by atoms with E-state index in [-0.39, 0.29) is 11.4 Å². The standard InChI is InChI=1S/C14H13FN4O2/c15-11-8-17-7-6-10(11)14(20)18-12(13(16)19-21)9-4-2-1-3-5-9/h1-8,12,21H,(H2,16,19)(H,18,20). The highest BCUT2D eigenvalue weighted by Gasteiger charge is 2.21. The van der Waals surface area contributed by atoms with Gasteiger partial charge in [0.15, 0.2) is 11.7 Å². The van der Waals surface area contributed by atoms with Crippen LogP contribution >= 0.6 is 0 Å². The van der Waals surface area contributed by atoms with E-state index in [1.54, 1.807) is 30.3 Å². The number of nitrogens with two attached hydrogens (primary N) is 1. The number of carbonyl (C=O) groups excluding carboxylic acids is 1. The summed E-state index contributed by atoms with van der Waals surface area (Å²) in [7, 11) is 0. The van der Waals surface area contributed by atoms with E-state index in [2.05, 4.69) is 15.5 Å². The Labute approximate surface area is 120 Å². The van der Waals surface area contributed by atoms with Gasteiger partial charge in [0, 0.05) is 6.20 Å². The molecule has 0 spiro atoms. The van der Waals surface area contributed by atoms with Gasteiger partial charge < -0.3 is 16.3 Å². The van der Waals surface area contributed by atoms with E-state index in [9.17, 15) is 9.18 Å². The van der Waals surface area contributed by atoms with Crippen LogP contribution in [0.3, 0.4) is 0 Å². The molecule has 4 N–H and O–H groups in total. The Morgan fingerprint density at radius 1 is 1.33 bits per heavy atom. The maximum Gasteiger partial charge on any atom is 0.255 e. The van der Waals surface area contributed by atoms with E-state index < -0.39 is 17.8 Å². The number of nitrogens with one attached hydrogen (secondary N) is 1. The number of nitrogens with zero attached hydrogens (tertiary/aromatic N) is 2. The first kappa shape index (κ1) is 14.4. The molecule has 0 aliphatic heterocycles. The Kier molecular flexibility index (Phi) is 4.45. The molecule has 7 heteroatoms. The lowest BCUT2D eigenvalue weighted by atomic mass is 10.1. The van der Waals surface area contributed by atoms with Gasteiger partial charge >= 0.3 is 0 Å². The maximum atomic E-state index is 13.5. The molecule has 1 unspecified atom stereocenters. The normalized spacial score (nSPS) is 12.7. The zero-order chi connectivity index (χ0) is 15.2. The minimum absolute atomic E-state index is 0.170. The molecule has 0 saturated carbocycles. The van der Waals surface area contributed by atoms with E-state index >= 15 is 0 Å². The van der Waals surface area contributed by atoms with E-state index in [0.29, 0.717) is 5.56 Å². The van der Waals surface area contributed by atoms with Crippen molar-refractivity contribution in [2.75, 3.05) is 0 Å². The van der Waals surface area contributed by atoms with Crippen molar-refractivity contribution < 1.29 is 14.4 Å². The van der Waals surface area contributed by atoms with Crippen molar-refractivity contribution in [1.82, 2.24) is 10.3 Å². The number of amidine groups is 1. The fourth-order valence-electron chi connectivity index (χ4n) is 1.80. The molecule has 108 valence electrons. The predicted octanol–water partition coefficient (Wildman–Crippen LogP) is 1.44. The average Bonchev–Trinajstić information content (AvgIpc) is 2.53. The van der Waals surface area contributed by atoms with Crippen LogP contribution in [0, 0.1) is 5.82 Å². The summed E-state index contributed by atoms with van der Waals surface area (Å²) in [6.07, 6.45) is 2.24. The fourth-order valence-corrected chi connectivity index (χ4v) is 1.80. The Hall–Kier alpha value is -2.96. The Morgan fingerprint density at radius 3 is 2.67 bits per heavy atom. The Morgan fingerprint density at radius 2 is 2.05 bits per heavy atom. The topological polar surface area (TPSA) is 101 Å². The SMILES string of the molecule is NC(=NO)C(NC(=O)c1ccncc1F)c1ccccc1. The molecule has 0 bridgehead atoms. The lowest BCUT2D eigenvalue weighted by Crippen LogP contribution is -2.38. The van der Waals surface area contributed by atoms with Crippen LogP contribution in [-0.4, -0.2) is 21.9 Å². The molecule has 2 rings (SSSR count). The van der Waals surface area contributed by atoms with Gasteiger partial charge in [0.1, 0.15) is 6.04 Å². The minimum atomic E-state index is -0.865. The van der Waals surface area contributed by atoms with E-state index in [0.717, 1.165) is 6.20 Å². The van der Waals surface area contributed by atoms with Crippen molar-refractivity contribution in [3.63, 3.8) is 0 Å². The summed E-state index contributed by atoms with van der Waals surface area (Å²) in [5, 5.41) is 14.3. The summed E-state index contributed by atoms with van der Waals surface area (Å²) in [6.45, 7) is 0. The third-order valence-electron chi connectivity index (χ3n) is 2.84. The van der Waals surface area contributed by atoms with Gasteiger partial charge in [0.2, 0.25) is 0 Å². The van der Waals surface area contributed by atoms with Crippen molar-refractivity contribution >= 4 is 11.7 Å². The molecule has 0 radical (unpaired) electrons. The number of oxime groups is 1. The first-order chi connectivity index (χ1) is 10.1. The van der Waals surface area contributed by atoms with Gasteiger partial charge in [-0.25, -0.2) is 4.39 Å². The quantitative estimate of drug-likeness (QED) is 0.343. The van der Waals surface area contributed by atoms with Gasteiger partial charge in [0.25, 0.3) is 5.91 Å². The third kappa shape index (κ3) is 3.33. The molecule has 0 fully saturated rings. The van der Waals surface area contributed by atoms with Crippen LogP contribution < -0.4 is 11.1 Å². The van der Waals surface area contributed by atoms with Crippen LogP contribution in [-0.2, 0) is 0 Å². The van der Waals surface area contributed by atoms with Crippen LogP contribution in [0.15, 0.2) is 53.9 Å². The fraction of sp³-hybridized carbons (Fsp3) is 0.0714. The average molecular weight is 288 g/mol. The molecule has 1 aromatic heterocycles. The monoisotopic (exact) mass is 288 g/mol. The van der Waals surface area contributed by atoms with Crippen LogP contribution in [0.25, 0.3) is 0 Å². The molecular formula is C14H13FN4O2. The van der Waals surface area contributed by atoms with Crippen molar-refractivity contribution in [3.8, 4) is 0 Å². The minimum Gasteiger partial charge on any atom is -0.409 e.